The first-order chi connectivity index (χ1) is 11.6. The van der Waals surface area contributed by atoms with Gasteiger partial charge in [-0.3, -0.25) is 9.69 Å². The molecular formula is C19H28N2O2S. The maximum absolute atomic E-state index is 12.7. The van der Waals surface area contributed by atoms with Crippen molar-refractivity contribution in [2.24, 2.45) is 11.8 Å². The number of amides is 1. The Kier molecular flexibility index (Phi) is 4.43. The zero-order valence-corrected chi connectivity index (χ0v) is 15.6. The molecule has 0 unspecified atom stereocenters. The first-order valence-electron chi connectivity index (χ1n) is 9.20. The Hall–Kier alpha value is -0.910. The molecule has 4 rings (SSSR count). The van der Waals surface area contributed by atoms with Gasteiger partial charge in [-0.1, -0.05) is 0 Å². The van der Waals surface area contributed by atoms with E-state index in [-0.39, 0.29) is 11.4 Å². The maximum atomic E-state index is 12.7. The van der Waals surface area contributed by atoms with Crippen molar-refractivity contribution in [1.29, 1.82) is 0 Å². The molecule has 1 aromatic rings. The fourth-order valence-electron chi connectivity index (χ4n) is 4.15. The van der Waals surface area contributed by atoms with Crippen LogP contribution in [0.3, 0.4) is 0 Å². The summed E-state index contributed by atoms with van der Waals surface area (Å²) in [7, 11) is 2.22. The minimum Gasteiger partial charge on any atom is -0.381 e. The summed E-state index contributed by atoms with van der Waals surface area (Å²) in [6, 6.07) is 2.04. The molecule has 0 aromatic carbocycles. The molecule has 3 heterocycles. The van der Waals surface area contributed by atoms with Crippen molar-refractivity contribution in [3.63, 3.8) is 0 Å². The average molecular weight is 349 g/mol. The standard InChI is InChI=1S/C19H28N2O2S/c1-14-6-8-24-17(14)18(22)21-12-19(13-21)9-16(5-7-20(19)2)11-23-10-15-3-4-15/h6,8,15-16H,3-5,7,9-13H2,1-2H3/t16-/m1/s1. The fraction of sp³-hybridized carbons (Fsp3) is 0.737. The van der Waals surface area contributed by atoms with E-state index in [1.165, 1.54) is 25.7 Å². The maximum Gasteiger partial charge on any atom is 0.264 e. The second-order valence-corrected chi connectivity index (χ2v) is 9.00. The second kappa shape index (κ2) is 6.43. The second-order valence-electron chi connectivity index (χ2n) is 8.08. The molecule has 3 fully saturated rings. The molecule has 1 spiro atoms. The van der Waals surface area contributed by atoms with Crippen molar-refractivity contribution >= 4 is 17.2 Å². The Morgan fingerprint density at radius 2 is 2.04 bits per heavy atom. The number of thiophene rings is 1. The van der Waals surface area contributed by atoms with Gasteiger partial charge in [-0.25, -0.2) is 0 Å². The zero-order valence-electron chi connectivity index (χ0n) is 14.8. The predicted molar refractivity (Wildman–Crippen MR) is 96.6 cm³/mol. The highest BCUT2D eigenvalue weighted by Crippen LogP contribution is 2.39. The summed E-state index contributed by atoms with van der Waals surface area (Å²) in [5.41, 5.74) is 1.29. The third-order valence-corrected chi connectivity index (χ3v) is 7.07. The molecule has 4 nitrogen and oxygen atoms in total. The Bertz CT molecular complexity index is 604. The molecule has 24 heavy (non-hydrogen) atoms. The molecule has 2 aliphatic heterocycles. The van der Waals surface area contributed by atoms with Crippen LogP contribution in [-0.2, 0) is 4.74 Å². The number of nitrogens with zero attached hydrogens (tertiary/aromatic N) is 2. The molecule has 1 aliphatic carbocycles. The minimum absolute atomic E-state index is 0.187. The summed E-state index contributed by atoms with van der Waals surface area (Å²) in [4.78, 5) is 18.1. The molecular weight excluding hydrogens is 320 g/mol. The molecule has 1 saturated carbocycles. The number of carbonyl (C=O) groups is 1. The van der Waals surface area contributed by atoms with Crippen LogP contribution in [0.5, 0.6) is 0 Å². The lowest BCUT2D eigenvalue weighted by Crippen LogP contribution is -2.72. The molecule has 1 atom stereocenters. The van der Waals surface area contributed by atoms with Crippen LogP contribution in [0.1, 0.15) is 40.9 Å². The van der Waals surface area contributed by atoms with Crippen LogP contribution in [0, 0.1) is 18.8 Å². The van der Waals surface area contributed by atoms with Gasteiger partial charge in [-0.15, -0.1) is 11.3 Å². The number of likely N-dealkylation sites (tertiary alicyclic amines) is 2. The lowest BCUT2D eigenvalue weighted by atomic mass is 9.75. The third kappa shape index (κ3) is 3.14. The molecule has 5 heteroatoms. The monoisotopic (exact) mass is 348 g/mol. The number of rotatable bonds is 5. The number of likely N-dealkylation sites (N-methyl/N-ethyl adjacent to an activating group) is 1. The van der Waals surface area contributed by atoms with Gasteiger partial charge in [-0.05, 0) is 75.0 Å². The zero-order chi connectivity index (χ0) is 16.7. The average Bonchev–Trinajstić information content (AvgIpc) is 3.25. The summed E-state index contributed by atoms with van der Waals surface area (Å²) in [5.74, 6) is 1.71. The van der Waals surface area contributed by atoms with E-state index in [0.717, 1.165) is 49.2 Å². The highest BCUT2D eigenvalue weighted by Gasteiger charge is 2.51. The van der Waals surface area contributed by atoms with Crippen LogP contribution >= 0.6 is 11.3 Å². The van der Waals surface area contributed by atoms with Gasteiger partial charge in [0.15, 0.2) is 0 Å². The molecule has 132 valence electrons. The third-order valence-electron chi connectivity index (χ3n) is 6.07. The molecule has 3 aliphatic rings. The van der Waals surface area contributed by atoms with E-state index in [4.69, 9.17) is 4.74 Å². The van der Waals surface area contributed by atoms with E-state index < -0.39 is 0 Å². The Labute approximate surface area is 148 Å². The summed E-state index contributed by atoms with van der Waals surface area (Å²) < 4.78 is 5.95. The van der Waals surface area contributed by atoms with Gasteiger partial charge in [0.25, 0.3) is 5.91 Å². The first kappa shape index (κ1) is 16.6. The Morgan fingerprint density at radius 3 is 2.71 bits per heavy atom. The molecule has 1 amide bonds. The summed E-state index contributed by atoms with van der Waals surface area (Å²) in [6.45, 7) is 6.76. The topological polar surface area (TPSA) is 32.8 Å². The quantitative estimate of drug-likeness (QED) is 0.820. The van der Waals surface area contributed by atoms with Crippen molar-refractivity contribution in [2.75, 3.05) is 39.9 Å². The first-order valence-corrected chi connectivity index (χ1v) is 10.1. The van der Waals surface area contributed by atoms with Crippen LogP contribution < -0.4 is 0 Å². The van der Waals surface area contributed by atoms with Gasteiger partial charge in [0.2, 0.25) is 0 Å². The van der Waals surface area contributed by atoms with E-state index in [0.29, 0.717) is 5.92 Å². The molecule has 0 bridgehead atoms. The molecule has 2 saturated heterocycles. The van der Waals surface area contributed by atoms with E-state index in [9.17, 15) is 4.79 Å². The van der Waals surface area contributed by atoms with Crippen LogP contribution in [0.25, 0.3) is 0 Å². The van der Waals surface area contributed by atoms with E-state index in [1.807, 2.05) is 23.3 Å². The summed E-state index contributed by atoms with van der Waals surface area (Å²) in [5, 5.41) is 2.01. The summed E-state index contributed by atoms with van der Waals surface area (Å²) in [6.07, 6.45) is 5.11. The number of piperidine rings is 1. The predicted octanol–water partition coefficient (Wildman–Crippen LogP) is 3.02. The number of aryl methyl sites for hydroxylation is 1. The van der Waals surface area contributed by atoms with Gasteiger partial charge in [0.05, 0.1) is 10.4 Å². The van der Waals surface area contributed by atoms with Gasteiger partial charge in [0.1, 0.15) is 0 Å². The highest BCUT2D eigenvalue weighted by molar-refractivity contribution is 7.12. The fourth-order valence-corrected chi connectivity index (χ4v) is 5.04. The number of ether oxygens (including phenoxy) is 1. The highest BCUT2D eigenvalue weighted by atomic mass is 32.1. The Morgan fingerprint density at radius 1 is 1.29 bits per heavy atom. The molecule has 1 aromatic heterocycles. The van der Waals surface area contributed by atoms with E-state index in [2.05, 4.69) is 11.9 Å². The van der Waals surface area contributed by atoms with Crippen molar-refractivity contribution in [2.45, 2.75) is 38.1 Å². The normalized spacial score (nSPS) is 26.6. The van der Waals surface area contributed by atoms with Crippen LogP contribution in [-0.4, -0.2) is 61.1 Å². The summed E-state index contributed by atoms with van der Waals surface area (Å²) >= 11 is 1.57. The largest absolute Gasteiger partial charge is 0.381 e. The lowest BCUT2D eigenvalue weighted by molar-refractivity contribution is -0.0760. The van der Waals surface area contributed by atoms with Crippen molar-refractivity contribution in [3.05, 3.63) is 21.9 Å². The smallest absolute Gasteiger partial charge is 0.264 e. The van der Waals surface area contributed by atoms with Gasteiger partial charge in [-0.2, -0.15) is 0 Å². The van der Waals surface area contributed by atoms with Gasteiger partial charge < -0.3 is 9.64 Å². The van der Waals surface area contributed by atoms with Crippen LogP contribution in [0.2, 0.25) is 0 Å². The minimum atomic E-state index is 0.187. The number of hydrogen-bond donors (Lipinski definition) is 0. The number of carbonyl (C=O) groups excluding carboxylic acids is 1. The van der Waals surface area contributed by atoms with Crippen LogP contribution in [0.15, 0.2) is 11.4 Å². The molecule has 0 N–H and O–H groups in total. The van der Waals surface area contributed by atoms with Crippen molar-refractivity contribution in [3.8, 4) is 0 Å². The van der Waals surface area contributed by atoms with E-state index in [1.54, 1.807) is 11.3 Å². The number of hydrogen-bond acceptors (Lipinski definition) is 4. The van der Waals surface area contributed by atoms with Crippen molar-refractivity contribution < 1.29 is 9.53 Å². The van der Waals surface area contributed by atoms with Crippen LogP contribution in [0.4, 0.5) is 0 Å². The van der Waals surface area contributed by atoms with Gasteiger partial charge >= 0.3 is 0 Å². The van der Waals surface area contributed by atoms with E-state index >= 15 is 0 Å². The van der Waals surface area contributed by atoms with Crippen molar-refractivity contribution in [1.82, 2.24) is 9.80 Å². The SMILES string of the molecule is Cc1ccsc1C(=O)N1CC2(C[C@H](COCC3CC3)CCN2C)C1. The van der Waals surface area contributed by atoms with Gasteiger partial charge in [0, 0.05) is 26.3 Å². The Balaban J connectivity index is 1.33. The molecule has 0 radical (unpaired) electrons. The lowest BCUT2D eigenvalue weighted by Gasteiger charge is -2.58.